The van der Waals surface area contributed by atoms with E-state index in [2.05, 4.69) is 4.98 Å². The van der Waals surface area contributed by atoms with Crippen molar-refractivity contribution in [2.24, 2.45) is 0 Å². The second-order valence-corrected chi connectivity index (χ2v) is 5.02. The van der Waals surface area contributed by atoms with Crippen LogP contribution in [0.3, 0.4) is 0 Å². The van der Waals surface area contributed by atoms with Crippen LogP contribution in [0.15, 0.2) is 24.3 Å². The zero-order valence-electron chi connectivity index (χ0n) is 13.5. The molecule has 1 heterocycles. The second-order valence-electron chi connectivity index (χ2n) is 5.02. The number of Topliss-reactive ketones (excluding diaryl/α,β-unsaturated/α-hetero) is 2. The number of H-pyrrole nitrogens is 1. The van der Waals surface area contributed by atoms with Gasteiger partial charge in [0.2, 0.25) is 0 Å². The van der Waals surface area contributed by atoms with Gasteiger partial charge in [-0.15, -0.1) is 0 Å². The molecule has 0 saturated heterocycles. The van der Waals surface area contributed by atoms with E-state index >= 15 is 0 Å². The Hall–Kier alpha value is -1.94. The zero-order chi connectivity index (χ0) is 16.0. The number of hydrogen-bond donors (Lipinski definition) is 1. The minimum atomic E-state index is -0.00307. The van der Waals surface area contributed by atoms with Gasteiger partial charge in [-0.1, -0.05) is 13.8 Å². The van der Waals surface area contributed by atoms with E-state index in [1.54, 1.807) is 12.1 Å². The second kappa shape index (κ2) is 7.74. The Balaban J connectivity index is 0.00000106. The average Bonchev–Trinajstić information content (AvgIpc) is 2.90. The number of aromatic amines is 1. The molecule has 0 saturated carbocycles. The summed E-state index contributed by atoms with van der Waals surface area (Å²) in [5.74, 6) is 0.123. The molecule has 1 aromatic heterocycles. The van der Waals surface area contributed by atoms with Gasteiger partial charge in [0.1, 0.15) is 0 Å². The van der Waals surface area contributed by atoms with Crippen LogP contribution < -0.4 is 0 Å². The first-order valence-electron chi connectivity index (χ1n) is 7.29. The third-order valence-corrected chi connectivity index (χ3v) is 3.11. The number of rotatable bonds is 5. The molecule has 0 fully saturated rings. The Bertz CT molecular complexity index is 627. The highest BCUT2D eigenvalue weighted by atomic mass is 16.1. The molecule has 0 atom stereocenters. The van der Waals surface area contributed by atoms with E-state index in [0.29, 0.717) is 17.7 Å². The first-order chi connectivity index (χ1) is 9.97. The lowest BCUT2D eigenvalue weighted by atomic mass is 10.1. The minimum absolute atomic E-state index is 0.00307. The van der Waals surface area contributed by atoms with Crippen molar-refractivity contribution in [3.8, 4) is 0 Å². The van der Waals surface area contributed by atoms with Crippen LogP contribution in [0, 0.1) is 0 Å². The smallest absolute Gasteiger partial charge is 0.175 e. The Labute approximate surface area is 126 Å². The maximum atomic E-state index is 12.0. The minimum Gasteiger partial charge on any atom is -0.352 e. The molecule has 4 nitrogen and oxygen atoms in total. The molecule has 4 heteroatoms. The molecular weight excluding hydrogens is 264 g/mol. The van der Waals surface area contributed by atoms with Crippen molar-refractivity contribution in [3.63, 3.8) is 0 Å². The molecule has 0 bridgehead atoms. The number of ketones is 2. The predicted octanol–water partition coefficient (Wildman–Crippen LogP) is 3.53. The summed E-state index contributed by atoms with van der Waals surface area (Å²) in [6, 6.07) is 7.29. The first kappa shape index (κ1) is 17.1. The van der Waals surface area contributed by atoms with Crippen LogP contribution in [0.25, 0.3) is 10.9 Å². The fraction of sp³-hybridized carbons (Fsp3) is 0.412. The van der Waals surface area contributed by atoms with Crippen molar-refractivity contribution in [1.82, 2.24) is 9.88 Å². The summed E-state index contributed by atoms with van der Waals surface area (Å²) in [6.45, 7) is 6.26. The standard InChI is InChI=1S/C15H18N2O2.C2H6/c1-10(18)14-9-12-8-11(4-5-13(12)16-14)15(19)6-7-17(2)3;1-2/h4-5,8-9,16H,6-7H2,1-3H3;1-2H3. The number of aromatic nitrogens is 1. The summed E-state index contributed by atoms with van der Waals surface area (Å²) in [5.41, 5.74) is 2.16. The quantitative estimate of drug-likeness (QED) is 0.856. The molecule has 0 aliphatic rings. The monoisotopic (exact) mass is 288 g/mol. The lowest BCUT2D eigenvalue weighted by Crippen LogP contribution is -2.16. The Morgan fingerprint density at radius 1 is 1.14 bits per heavy atom. The normalized spacial score (nSPS) is 10.4. The number of carbonyl (C=O) groups excluding carboxylic acids is 2. The van der Waals surface area contributed by atoms with Gasteiger partial charge in [-0.05, 0) is 38.4 Å². The van der Waals surface area contributed by atoms with E-state index in [1.807, 2.05) is 45.0 Å². The van der Waals surface area contributed by atoms with Crippen molar-refractivity contribution >= 4 is 22.5 Å². The number of carbonyl (C=O) groups is 2. The lowest BCUT2D eigenvalue weighted by molar-refractivity contribution is 0.0971. The van der Waals surface area contributed by atoms with Crippen LogP contribution in [0.2, 0.25) is 0 Å². The summed E-state index contributed by atoms with van der Waals surface area (Å²) >= 11 is 0. The molecule has 0 amide bonds. The number of benzene rings is 1. The number of fused-ring (bicyclic) bond motifs is 1. The summed E-state index contributed by atoms with van der Waals surface area (Å²) < 4.78 is 0. The Kier molecular flexibility index (Phi) is 6.31. The van der Waals surface area contributed by atoms with Crippen LogP contribution in [0.4, 0.5) is 0 Å². The van der Waals surface area contributed by atoms with Gasteiger partial charge in [-0.3, -0.25) is 9.59 Å². The number of nitrogens with zero attached hydrogens (tertiary/aromatic N) is 1. The fourth-order valence-corrected chi connectivity index (χ4v) is 1.97. The molecule has 0 radical (unpaired) electrons. The van der Waals surface area contributed by atoms with Crippen LogP contribution in [0.1, 0.15) is 48.0 Å². The van der Waals surface area contributed by atoms with E-state index in [1.165, 1.54) is 6.92 Å². The topological polar surface area (TPSA) is 53.2 Å². The molecule has 0 unspecified atom stereocenters. The first-order valence-corrected chi connectivity index (χ1v) is 7.29. The van der Waals surface area contributed by atoms with Gasteiger partial charge < -0.3 is 9.88 Å². The SMILES string of the molecule is CC.CC(=O)c1cc2cc(C(=O)CCN(C)C)ccc2[nH]1. The Morgan fingerprint density at radius 2 is 1.81 bits per heavy atom. The molecule has 2 aromatic rings. The molecule has 1 aromatic carbocycles. The largest absolute Gasteiger partial charge is 0.352 e. The van der Waals surface area contributed by atoms with Crippen molar-refractivity contribution in [2.45, 2.75) is 27.2 Å². The van der Waals surface area contributed by atoms with Crippen molar-refractivity contribution in [1.29, 1.82) is 0 Å². The lowest BCUT2D eigenvalue weighted by Gasteiger charge is -2.08. The fourth-order valence-electron chi connectivity index (χ4n) is 1.97. The zero-order valence-corrected chi connectivity index (χ0v) is 13.5. The molecule has 114 valence electrons. The maximum Gasteiger partial charge on any atom is 0.175 e. The molecule has 0 aliphatic heterocycles. The van der Waals surface area contributed by atoms with Crippen LogP contribution in [-0.4, -0.2) is 42.1 Å². The Morgan fingerprint density at radius 3 is 2.38 bits per heavy atom. The third-order valence-electron chi connectivity index (χ3n) is 3.11. The van der Waals surface area contributed by atoms with Gasteiger partial charge in [-0.2, -0.15) is 0 Å². The molecular formula is C17H24N2O2. The van der Waals surface area contributed by atoms with E-state index in [4.69, 9.17) is 0 Å². The van der Waals surface area contributed by atoms with Gasteiger partial charge in [0.15, 0.2) is 11.6 Å². The average molecular weight is 288 g/mol. The summed E-state index contributed by atoms with van der Waals surface area (Å²) in [4.78, 5) is 28.4. The van der Waals surface area contributed by atoms with Gasteiger partial charge in [0.25, 0.3) is 0 Å². The van der Waals surface area contributed by atoms with E-state index in [-0.39, 0.29) is 11.6 Å². The number of hydrogen-bond acceptors (Lipinski definition) is 3. The van der Waals surface area contributed by atoms with Gasteiger partial charge >= 0.3 is 0 Å². The van der Waals surface area contributed by atoms with E-state index in [9.17, 15) is 9.59 Å². The summed E-state index contributed by atoms with van der Waals surface area (Å²) in [5, 5.41) is 0.904. The van der Waals surface area contributed by atoms with Crippen molar-refractivity contribution in [2.75, 3.05) is 20.6 Å². The maximum absolute atomic E-state index is 12.0. The van der Waals surface area contributed by atoms with Crippen LogP contribution in [0.5, 0.6) is 0 Å². The highest BCUT2D eigenvalue weighted by Crippen LogP contribution is 2.18. The van der Waals surface area contributed by atoms with Crippen LogP contribution >= 0.6 is 0 Å². The van der Waals surface area contributed by atoms with Crippen molar-refractivity contribution < 1.29 is 9.59 Å². The molecule has 2 rings (SSSR count). The molecule has 0 aliphatic carbocycles. The molecule has 0 spiro atoms. The third kappa shape index (κ3) is 4.53. The molecule has 1 N–H and O–H groups in total. The van der Waals surface area contributed by atoms with Crippen LogP contribution in [-0.2, 0) is 0 Å². The summed E-state index contributed by atoms with van der Waals surface area (Å²) in [7, 11) is 3.89. The highest BCUT2D eigenvalue weighted by molar-refractivity contribution is 6.02. The van der Waals surface area contributed by atoms with Gasteiger partial charge in [-0.25, -0.2) is 0 Å². The number of nitrogens with one attached hydrogen (secondary N) is 1. The van der Waals surface area contributed by atoms with Gasteiger partial charge in [0.05, 0.1) is 5.69 Å². The van der Waals surface area contributed by atoms with E-state index in [0.717, 1.165) is 17.4 Å². The predicted molar refractivity (Wildman–Crippen MR) is 87.2 cm³/mol. The van der Waals surface area contributed by atoms with E-state index < -0.39 is 0 Å². The highest BCUT2D eigenvalue weighted by Gasteiger charge is 2.09. The van der Waals surface area contributed by atoms with Crippen molar-refractivity contribution in [3.05, 3.63) is 35.5 Å². The molecule has 21 heavy (non-hydrogen) atoms. The summed E-state index contributed by atoms with van der Waals surface area (Å²) in [6.07, 6.45) is 0.502. The van der Waals surface area contributed by atoms with Gasteiger partial charge in [0, 0.05) is 36.4 Å².